The maximum absolute atomic E-state index is 14.8. The summed E-state index contributed by atoms with van der Waals surface area (Å²) in [7, 11) is -3.51. The molecule has 0 bridgehead atoms. The van der Waals surface area contributed by atoms with E-state index in [2.05, 4.69) is 26.6 Å². The molecule has 1 rings (SSSR count). The minimum atomic E-state index is -3.51. The molecule has 1 aromatic rings. The number of benzene rings is 1. The van der Waals surface area contributed by atoms with Crippen molar-refractivity contribution in [1.82, 2.24) is 4.72 Å². The number of azide groups is 1. The Balaban J connectivity index is 2.68. The first kappa shape index (κ1) is 21.0. The van der Waals surface area contributed by atoms with E-state index in [0.717, 1.165) is 5.56 Å². The van der Waals surface area contributed by atoms with Crippen LogP contribution >= 0.6 is 0 Å². The number of nitrogens with one attached hydrogen (secondary N) is 1. The zero-order valence-electron chi connectivity index (χ0n) is 14.7. The summed E-state index contributed by atoms with van der Waals surface area (Å²) in [6, 6.07) is 6.61. The summed E-state index contributed by atoms with van der Waals surface area (Å²) in [6.45, 7) is 4.51. The van der Waals surface area contributed by atoms with E-state index in [1.807, 2.05) is 0 Å². The molecule has 0 aliphatic rings. The molecule has 0 radical (unpaired) electrons. The molecule has 0 aliphatic heterocycles. The standard InChI is InChI=1S/C17H23FN4O2S/c1-14(2)25(23,24)21-13-17(3,18)16-10-8-15(9-11-16)7-5-4-6-12-20-22-19/h8-11,14,21H,4,6,12-13H2,1-3H3. The Kier molecular flexibility index (Phi) is 7.91. The van der Waals surface area contributed by atoms with E-state index in [1.54, 1.807) is 24.3 Å². The van der Waals surface area contributed by atoms with Crippen molar-refractivity contribution in [2.45, 2.75) is 44.5 Å². The zero-order chi connectivity index (χ0) is 18.9. The van der Waals surface area contributed by atoms with Crippen molar-refractivity contribution in [2.75, 3.05) is 13.1 Å². The molecule has 0 aromatic heterocycles. The van der Waals surface area contributed by atoms with E-state index >= 15 is 0 Å². The molecule has 6 nitrogen and oxygen atoms in total. The average Bonchev–Trinajstić information content (AvgIpc) is 2.57. The van der Waals surface area contributed by atoms with Crippen molar-refractivity contribution in [3.63, 3.8) is 0 Å². The Morgan fingerprint density at radius 3 is 2.56 bits per heavy atom. The lowest BCUT2D eigenvalue weighted by Crippen LogP contribution is -2.39. The van der Waals surface area contributed by atoms with Crippen molar-refractivity contribution in [3.05, 3.63) is 45.8 Å². The second kappa shape index (κ2) is 9.42. The molecule has 0 saturated heterocycles. The number of rotatable bonds is 8. The van der Waals surface area contributed by atoms with Gasteiger partial charge in [-0.15, -0.1) is 0 Å². The van der Waals surface area contributed by atoms with Crippen LogP contribution in [0.3, 0.4) is 0 Å². The third-order valence-electron chi connectivity index (χ3n) is 3.57. The molecular weight excluding hydrogens is 343 g/mol. The molecule has 25 heavy (non-hydrogen) atoms. The normalized spacial score (nSPS) is 13.5. The Labute approximate surface area is 148 Å². The highest BCUT2D eigenvalue weighted by atomic mass is 32.2. The van der Waals surface area contributed by atoms with Crippen LogP contribution in [0.25, 0.3) is 10.4 Å². The fourth-order valence-corrected chi connectivity index (χ4v) is 2.66. The lowest BCUT2D eigenvalue weighted by atomic mass is 9.97. The van der Waals surface area contributed by atoms with Gasteiger partial charge in [-0.25, -0.2) is 17.5 Å². The number of unbranched alkanes of at least 4 members (excludes halogenated alkanes) is 1. The van der Waals surface area contributed by atoms with Gasteiger partial charge < -0.3 is 0 Å². The second-order valence-corrected chi connectivity index (χ2v) is 8.37. The van der Waals surface area contributed by atoms with Gasteiger partial charge >= 0.3 is 0 Å². The summed E-state index contributed by atoms with van der Waals surface area (Å²) in [5, 5.41) is 2.81. The van der Waals surface area contributed by atoms with Crippen LogP contribution in [-0.2, 0) is 15.7 Å². The molecule has 0 spiro atoms. The summed E-state index contributed by atoms with van der Waals surface area (Å²) < 4.78 is 40.6. The molecule has 8 heteroatoms. The maximum Gasteiger partial charge on any atom is 0.214 e. The van der Waals surface area contributed by atoms with Gasteiger partial charge in [0.15, 0.2) is 0 Å². The quantitative estimate of drug-likeness (QED) is 0.250. The SMILES string of the molecule is CC(C)S(=O)(=O)NCC(C)(F)c1ccc(C#CCCCN=[N+]=[N-])cc1. The van der Waals surface area contributed by atoms with Gasteiger partial charge in [0.1, 0.15) is 5.67 Å². The Morgan fingerprint density at radius 2 is 2.00 bits per heavy atom. The summed E-state index contributed by atoms with van der Waals surface area (Å²) in [5.74, 6) is 5.91. The van der Waals surface area contributed by atoms with Gasteiger partial charge in [-0.2, -0.15) is 0 Å². The molecule has 0 aliphatic carbocycles. The van der Waals surface area contributed by atoms with Gasteiger partial charge in [0.25, 0.3) is 0 Å². The fourth-order valence-electron chi connectivity index (χ4n) is 1.85. The van der Waals surface area contributed by atoms with E-state index in [-0.39, 0.29) is 6.54 Å². The average molecular weight is 366 g/mol. The molecule has 136 valence electrons. The van der Waals surface area contributed by atoms with E-state index in [4.69, 9.17) is 5.53 Å². The molecule has 0 saturated carbocycles. The minimum Gasteiger partial charge on any atom is -0.238 e. The molecule has 0 fully saturated rings. The van der Waals surface area contributed by atoms with Gasteiger partial charge in [-0.3, -0.25) is 0 Å². The van der Waals surface area contributed by atoms with Crippen molar-refractivity contribution < 1.29 is 12.8 Å². The second-order valence-electron chi connectivity index (χ2n) is 6.05. The number of hydrogen-bond acceptors (Lipinski definition) is 3. The Bertz CT molecular complexity index is 771. The fraction of sp³-hybridized carbons (Fsp3) is 0.529. The zero-order valence-corrected chi connectivity index (χ0v) is 15.5. The van der Waals surface area contributed by atoms with Crippen molar-refractivity contribution in [2.24, 2.45) is 5.11 Å². The smallest absolute Gasteiger partial charge is 0.214 e. The van der Waals surface area contributed by atoms with Gasteiger partial charge in [-0.1, -0.05) is 29.1 Å². The molecule has 1 unspecified atom stereocenters. The number of nitrogens with zero attached hydrogens (tertiary/aromatic N) is 3. The van der Waals surface area contributed by atoms with Crippen molar-refractivity contribution in [3.8, 4) is 11.8 Å². The Morgan fingerprint density at radius 1 is 1.36 bits per heavy atom. The molecule has 1 N–H and O–H groups in total. The Hall–Kier alpha value is -2.07. The predicted molar refractivity (Wildman–Crippen MR) is 97.1 cm³/mol. The highest BCUT2D eigenvalue weighted by molar-refractivity contribution is 7.90. The van der Waals surface area contributed by atoms with Gasteiger partial charge in [0.05, 0.1) is 5.25 Å². The van der Waals surface area contributed by atoms with Crippen LogP contribution in [0, 0.1) is 11.8 Å². The largest absolute Gasteiger partial charge is 0.238 e. The topological polar surface area (TPSA) is 94.9 Å². The van der Waals surface area contributed by atoms with E-state index in [0.29, 0.717) is 24.9 Å². The first-order chi connectivity index (χ1) is 11.7. The minimum absolute atomic E-state index is 0.321. The summed E-state index contributed by atoms with van der Waals surface area (Å²) in [4.78, 5) is 2.66. The predicted octanol–water partition coefficient (Wildman–Crippen LogP) is 3.64. The van der Waals surface area contributed by atoms with E-state index in [1.165, 1.54) is 20.8 Å². The van der Waals surface area contributed by atoms with Crippen LogP contribution in [0.2, 0.25) is 0 Å². The van der Waals surface area contributed by atoms with Gasteiger partial charge in [0.2, 0.25) is 10.0 Å². The lowest BCUT2D eigenvalue weighted by Gasteiger charge is -2.22. The molecular formula is C17H23FN4O2S. The van der Waals surface area contributed by atoms with Gasteiger partial charge in [0, 0.05) is 30.0 Å². The monoisotopic (exact) mass is 366 g/mol. The summed E-state index contributed by atoms with van der Waals surface area (Å²) in [5.41, 5.74) is 7.46. The molecule has 0 heterocycles. The third kappa shape index (κ3) is 7.14. The van der Waals surface area contributed by atoms with Crippen LogP contribution in [0.5, 0.6) is 0 Å². The number of halogens is 1. The first-order valence-electron chi connectivity index (χ1n) is 7.97. The van der Waals surface area contributed by atoms with Crippen LogP contribution in [0.4, 0.5) is 4.39 Å². The third-order valence-corrected chi connectivity index (χ3v) is 5.36. The summed E-state index contributed by atoms with van der Waals surface area (Å²) >= 11 is 0. The van der Waals surface area contributed by atoms with E-state index < -0.39 is 20.9 Å². The number of hydrogen-bond donors (Lipinski definition) is 1. The van der Waals surface area contributed by atoms with E-state index in [9.17, 15) is 12.8 Å². The van der Waals surface area contributed by atoms with Crippen LogP contribution < -0.4 is 4.72 Å². The lowest BCUT2D eigenvalue weighted by molar-refractivity contribution is 0.196. The number of sulfonamides is 1. The molecule has 1 atom stereocenters. The molecule has 1 aromatic carbocycles. The summed E-state index contributed by atoms with van der Waals surface area (Å²) in [6.07, 6.45) is 1.30. The first-order valence-corrected chi connectivity index (χ1v) is 9.51. The highest BCUT2D eigenvalue weighted by Crippen LogP contribution is 2.25. The van der Waals surface area contributed by atoms with Crippen LogP contribution in [0.15, 0.2) is 29.4 Å². The maximum atomic E-state index is 14.8. The number of alkyl halides is 1. The van der Waals surface area contributed by atoms with Crippen LogP contribution in [-0.4, -0.2) is 26.8 Å². The molecule has 0 amide bonds. The van der Waals surface area contributed by atoms with Crippen molar-refractivity contribution in [1.29, 1.82) is 0 Å². The van der Waals surface area contributed by atoms with Gasteiger partial charge in [-0.05, 0) is 50.4 Å². The highest BCUT2D eigenvalue weighted by Gasteiger charge is 2.28. The van der Waals surface area contributed by atoms with Crippen molar-refractivity contribution >= 4 is 10.0 Å². The van der Waals surface area contributed by atoms with Crippen LogP contribution in [0.1, 0.15) is 44.7 Å².